The molecule has 2 rings (SSSR count). The minimum absolute atomic E-state index is 0.247. The van der Waals surface area contributed by atoms with Crippen LogP contribution in [-0.4, -0.2) is 38.6 Å². The minimum Gasteiger partial charge on any atom is -0.494 e. The molecule has 2 N–H and O–H groups in total. The number of nitrogens with one attached hydrogen (secondary N) is 2. The third-order valence-electron chi connectivity index (χ3n) is 2.92. The van der Waals surface area contributed by atoms with Crippen molar-refractivity contribution < 1.29 is 22.6 Å². The van der Waals surface area contributed by atoms with Crippen LogP contribution in [-0.2, 0) is 0 Å². The van der Waals surface area contributed by atoms with Crippen LogP contribution < -0.4 is 20.1 Å². The summed E-state index contributed by atoms with van der Waals surface area (Å²) in [6.45, 7) is 3.33. The van der Waals surface area contributed by atoms with Gasteiger partial charge < -0.3 is 20.1 Å². The average Bonchev–Trinajstić information content (AvgIpc) is 2.40. The highest BCUT2D eigenvalue weighted by Gasteiger charge is 2.30. The summed E-state index contributed by atoms with van der Waals surface area (Å²) in [6, 6.07) is 5.78. The molecule has 1 heterocycles. The van der Waals surface area contributed by atoms with Gasteiger partial charge in [0.05, 0.1) is 6.61 Å². The van der Waals surface area contributed by atoms with E-state index >= 15 is 0 Å². The Balaban J connectivity index is 1.73. The fraction of sp³-hybridized carbons (Fsp3) is 0.538. The Morgan fingerprint density at radius 3 is 2.40 bits per heavy atom. The van der Waals surface area contributed by atoms with Gasteiger partial charge in [0.25, 0.3) is 0 Å². The van der Waals surface area contributed by atoms with Crippen molar-refractivity contribution in [3.05, 3.63) is 24.3 Å². The van der Waals surface area contributed by atoms with Crippen molar-refractivity contribution in [2.75, 3.05) is 26.2 Å². The van der Waals surface area contributed by atoms with Crippen LogP contribution in [0.4, 0.5) is 13.2 Å². The third kappa shape index (κ3) is 5.26. The quantitative estimate of drug-likeness (QED) is 0.869. The van der Waals surface area contributed by atoms with Crippen LogP contribution in [0.15, 0.2) is 24.3 Å². The van der Waals surface area contributed by atoms with E-state index in [1.54, 1.807) is 0 Å². The lowest BCUT2D eigenvalue weighted by Crippen LogP contribution is -2.48. The lowest BCUT2D eigenvalue weighted by Gasteiger charge is -2.24. The average molecular weight is 290 g/mol. The molecule has 1 aliphatic heterocycles. The summed E-state index contributed by atoms with van der Waals surface area (Å²) in [4.78, 5) is 0. The first-order valence-corrected chi connectivity index (χ1v) is 6.46. The molecule has 0 saturated carbocycles. The predicted octanol–water partition coefficient (Wildman–Crippen LogP) is 1.92. The number of rotatable bonds is 5. The summed E-state index contributed by atoms with van der Waals surface area (Å²) in [5.41, 5.74) is 0. The van der Waals surface area contributed by atoms with Crippen LogP contribution >= 0.6 is 0 Å². The lowest BCUT2D eigenvalue weighted by atomic mass is 10.2. The number of hydrogen-bond acceptors (Lipinski definition) is 4. The molecule has 0 aromatic heterocycles. The summed E-state index contributed by atoms with van der Waals surface area (Å²) in [7, 11) is 0. The zero-order valence-electron chi connectivity index (χ0n) is 10.9. The van der Waals surface area contributed by atoms with Crippen LogP contribution in [0.3, 0.4) is 0 Å². The number of halogens is 3. The van der Waals surface area contributed by atoms with E-state index < -0.39 is 6.36 Å². The topological polar surface area (TPSA) is 42.5 Å². The number of hydrogen-bond donors (Lipinski definition) is 2. The van der Waals surface area contributed by atoms with Crippen molar-refractivity contribution in [1.82, 2.24) is 10.6 Å². The molecule has 0 bridgehead atoms. The third-order valence-corrected chi connectivity index (χ3v) is 2.92. The zero-order chi connectivity index (χ0) is 14.4. The second-order valence-corrected chi connectivity index (χ2v) is 4.51. The van der Waals surface area contributed by atoms with Gasteiger partial charge in [-0.25, -0.2) is 0 Å². The predicted molar refractivity (Wildman–Crippen MR) is 67.9 cm³/mol. The molecule has 1 aromatic rings. The molecule has 0 aliphatic carbocycles. The highest BCUT2D eigenvalue weighted by Crippen LogP contribution is 2.24. The highest BCUT2D eigenvalue weighted by molar-refractivity contribution is 5.31. The van der Waals surface area contributed by atoms with Gasteiger partial charge in [0.1, 0.15) is 11.5 Å². The van der Waals surface area contributed by atoms with Crippen molar-refractivity contribution in [2.24, 2.45) is 0 Å². The molecule has 112 valence electrons. The van der Waals surface area contributed by atoms with Crippen molar-refractivity contribution in [1.29, 1.82) is 0 Å². The van der Waals surface area contributed by atoms with Crippen molar-refractivity contribution in [3.63, 3.8) is 0 Å². The SMILES string of the molecule is FC(F)(F)Oc1ccc(OCCC2CNCCN2)cc1. The number of piperazine rings is 1. The Morgan fingerprint density at radius 2 is 1.80 bits per heavy atom. The van der Waals surface area contributed by atoms with E-state index in [0.717, 1.165) is 26.1 Å². The molecule has 7 heteroatoms. The van der Waals surface area contributed by atoms with E-state index in [2.05, 4.69) is 15.4 Å². The summed E-state index contributed by atoms with van der Waals surface area (Å²) in [5.74, 6) is 0.284. The minimum atomic E-state index is -4.66. The number of alkyl halides is 3. The summed E-state index contributed by atoms with van der Waals surface area (Å²) >= 11 is 0. The van der Waals surface area contributed by atoms with Gasteiger partial charge in [0, 0.05) is 25.7 Å². The molecule has 1 fully saturated rings. The van der Waals surface area contributed by atoms with Crippen LogP contribution in [0.2, 0.25) is 0 Å². The molecule has 0 radical (unpaired) electrons. The first-order chi connectivity index (χ1) is 9.53. The van der Waals surface area contributed by atoms with Gasteiger partial charge >= 0.3 is 6.36 Å². The summed E-state index contributed by atoms with van der Waals surface area (Å²) in [6.07, 6.45) is -3.82. The maximum absolute atomic E-state index is 12.0. The van der Waals surface area contributed by atoms with Gasteiger partial charge in [-0.05, 0) is 30.7 Å². The van der Waals surface area contributed by atoms with Gasteiger partial charge in [-0.3, -0.25) is 0 Å². The van der Waals surface area contributed by atoms with Crippen LogP contribution in [0.1, 0.15) is 6.42 Å². The Morgan fingerprint density at radius 1 is 1.10 bits per heavy atom. The van der Waals surface area contributed by atoms with Crippen molar-refractivity contribution >= 4 is 0 Å². The molecule has 1 atom stereocenters. The fourth-order valence-electron chi connectivity index (χ4n) is 1.97. The van der Waals surface area contributed by atoms with Gasteiger partial charge in [-0.1, -0.05) is 0 Å². The Kier molecular flexibility index (Phi) is 5.08. The molecular formula is C13H17F3N2O2. The Bertz CT molecular complexity index is 403. The first kappa shape index (κ1) is 14.9. The second-order valence-electron chi connectivity index (χ2n) is 4.51. The number of benzene rings is 1. The zero-order valence-corrected chi connectivity index (χ0v) is 10.9. The van der Waals surface area contributed by atoms with Gasteiger partial charge in [0.15, 0.2) is 0 Å². The van der Waals surface area contributed by atoms with Crippen LogP contribution in [0.25, 0.3) is 0 Å². The van der Waals surface area contributed by atoms with Crippen LogP contribution in [0, 0.1) is 0 Å². The van der Waals surface area contributed by atoms with Gasteiger partial charge in [-0.15, -0.1) is 13.2 Å². The van der Waals surface area contributed by atoms with E-state index in [9.17, 15) is 13.2 Å². The molecule has 1 aliphatic rings. The Labute approximate surface area is 115 Å². The molecule has 0 spiro atoms. The summed E-state index contributed by atoms with van der Waals surface area (Å²) < 4.78 is 45.2. The normalized spacial score (nSPS) is 19.6. The standard InChI is InChI=1S/C13H17F3N2O2/c14-13(15,16)20-12-3-1-11(2-4-12)19-8-5-10-9-17-6-7-18-10/h1-4,10,17-18H,5-9H2. The van der Waals surface area contributed by atoms with Gasteiger partial charge in [-0.2, -0.15) is 0 Å². The molecule has 1 unspecified atom stereocenters. The molecule has 0 amide bonds. The Hall–Kier alpha value is -1.47. The van der Waals surface area contributed by atoms with Crippen molar-refractivity contribution in [2.45, 2.75) is 18.8 Å². The lowest BCUT2D eigenvalue weighted by molar-refractivity contribution is -0.274. The maximum Gasteiger partial charge on any atom is 0.573 e. The van der Waals surface area contributed by atoms with E-state index in [4.69, 9.17) is 4.74 Å². The molecule has 4 nitrogen and oxygen atoms in total. The maximum atomic E-state index is 12.0. The smallest absolute Gasteiger partial charge is 0.494 e. The highest BCUT2D eigenvalue weighted by atomic mass is 19.4. The summed E-state index contributed by atoms with van der Waals surface area (Å²) in [5, 5.41) is 6.62. The fourth-order valence-corrected chi connectivity index (χ4v) is 1.97. The van der Waals surface area contributed by atoms with Crippen molar-refractivity contribution in [3.8, 4) is 11.5 Å². The molecular weight excluding hydrogens is 273 g/mol. The molecule has 1 saturated heterocycles. The van der Waals surface area contributed by atoms with Gasteiger partial charge in [0.2, 0.25) is 0 Å². The molecule has 1 aromatic carbocycles. The van der Waals surface area contributed by atoms with Crippen LogP contribution in [0.5, 0.6) is 11.5 Å². The van der Waals surface area contributed by atoms with E-state index in [1.807, 2.05) is 0 Å². The monoisotopic (exact) mass is 290 g/mol. The second kappa shape index (κ2) is 6.81. The van der Waals surface area contributed by atoms with E-state index in [1.165, 1.54) is 24.3 Å². The van der Waals surface area contributed by atoms with E-state index in [-0.39, 0.29) is 5.75 Å². The first-order valence-electron chi connectivity index (χ1n) is 6.46. The largest absolute Gasteiger partial charge is 0.573 e. The van der Waals surface area contributed by atoms with E-state index in [0.29, 0.717) is 18.4 Å². The number of ether oxygens (including phenoxy) is 2. The molecule has 20 heavy (non-hydrogen) atoms.